The molecule has 0 spiro atoms. The fourth-order valence-electron chi connectivity index (χ4n) is 3.13. The van der Waals surface area contributed by atoms with E-state index in [-0.39, 0.29) is 18.7 Å². The Balaban J connectivity index is 1.43. The van der Waals surface area contributed by atoms with Crippen molar-refractivity contribution in [3.8, 4) is 11.5 Å². The molecule has 0 unspecified atom stereocenters. The molecule has 3 rings (SSSR count). The van der Waals surface area contributed by atoms with Crippen molar-refractivity contribution in [3.63, 3.8) is 0 Å². The summed E-state index contributed by atoms with van der Waals surface area (Å²) in [5.74, 6) is 1.22. The fraction of sp³-hybridized carbons (Fsp3) is 0.556. The van der Waals surface area contributed by atoms with E-state index in [1.807, 2.05) is 18.2 Å². The molecule has 130 valence electrons. The van der Waals surface area contributed by atoms with E-state index >= 15 is 0 Å². The summed E-state index contributed by atoms with van der Waals surface area (Å²) in [5, 5.41) is 2.78. The topological polar surface area (TPSA) is 73.9 Å². The van der Waals surface area contributed by atoms with Gasteiger partial charge in [-0.15, -0.1) is 0 Å². The van der Waals surface area contributed by atoms with Gasteiger partial charge in [-0.25, -0.2) is 0 Å². The maximum Gasteiger partial charge on any atom is 0.306 e. The second-order valence-corrected chi connectivity index (χ2v) is 6.39. The van der Waals surface area contributed by atoms with E-state index in [2.05, 4.69) is 5.32 Å². The Bertz CT molecular complexity index is 609. The van der Waals surface area contributed by atoms with Gasteiger partial charge in [0.25, 0.3) is 5.91 Å². The van der Waals surface area contributed by atoms with Crippen LogP contribution in [0.1, 0.15) is 44.6 Å². The molecule has 1 aliphatic heterocycles. The second-order valence-electron chi connectivity index (χ2n) is 6.39. The van der Waals surface area contributed by atoms with Gasteiger partial charge < -0.3 is 19.5 Å². The van der Waals surface area contributed by atoms with Gasteiger partial charge in [-0.05, 0) is 43.4 Å². The molecule has 6 heteroatoms. The summed E-state index contributed by atoms with van der Waals surface area (Å²) in [4.78, 5) is 24.0. The monoisotopic (exact) mass is 333 g/mol. The van der Waals surface area contributed by atoms with E-state index in [9.17, 15) is 9.59 Å². The standard InChI is InChI=1S/C18H23NO5/c1-12(24-17(20)9-13-4-2-3-5-13)18(21)19-10-14-6-7-15-16(8-14)23-11-22-15/h6-8,12-13H,2-5,9-11H2,1H3,(H,19,21)/t12-/m0/s1. The van der Waals surface area contributed by atoms with E-state index in [1.54, 1.807) is 6.92 Å². The summed E-state index contributed by atoms with van der Waals surface area (Å²) in [6, 6.07) is 5.51. The molecule has 2 aliphatic rings. The van der Waals surface area contributed by atoms with Crippen molar-refractivity contribution < 1.29 is 23.8 Å². The second kappa shape index (κ2) is 7.55. The number of esters is 1. The van der Waals surface area contributed by atoms with Gasteiger partial charge >= 0.3 is 5.97 Å². The summed E-state index contributed by atoms with van der Waals surface area (Å²) < 4.78 is 15.8. The molecule has 0 aromatic heterocycles. The summed E-state index contributed by atoms with van der Waals surface area (Å²) >= 11 is 0. The highest BCUT2D eigenvalue weighted by molar-refractivity contribution is 5.83. The molecular formula is C18H23NO5. The Morgan fingerprint density at radius 2 is 2.00 bits per heavy atom. The van der Waals surface area contributed by atoms with Gasteiger partial charge in [-0.1, -0.05) is 18.9 Å². The van der Waals surface area contributed by atoms with Crippen LogP contribution in [0, 0.1) is 5.92 Å². The van der Waals surface area contributed by atoms with Crippen LogP contribution in [-0.4, -0.2) is 24.8 Å². The minimum atomic E-state index is -0.784. The Morgan fingerprint density at radius 1 is 1.25 bits per heavy atom. The lowest BCUT2D eigenvalue weighted by Gasteiger charge is -2.15. The van der Waals surface area contributed by atoms with Crippen LogP contribution in [0.25, 0.3) is 0 Å². The van der Waals surface area contributed by atoms with Gasteiger partial charge in [-0.3, -0.25) is 9.59 Å². The lowest BCUT2D eigenvalue weighted by Crippen LogP contribution is -2.35. The Kier molecular flexibility index (Phi) is 5.23. The van der Waals surface area contributed by atoms with Crippen molar-refractivity contribution in [1.29, 1.82) is 0 Å². The molecule has 1 aliphatic carbocycles. The van der Waals surface area contributed by atoms with Crippen LogP contribution in [0.4, 0.5) is 0 Å². The van der Waals surface area contributed by atoms with Gasteiger partial charge in [0.2, 0.25) is 6.79 Å². The molecular weight excluding hydrogens is 310 g/mol. The lowest BCUT2D eigenvalue weighted by molar-refractivity contribution is -0.155. The molecule has 1 aromatic carbocycles. The number of carbonyl (C=O) groups excluding carboxylic acids is 2. The van der Waals surface area contributed by atoms with E-state index in [1.165, 1.54) is 12.8 Å². The SMILES string of the molecule is C[C@H](OC(=O)CC1CCCC1)C(=O)NCc1ccc2c(c1)OCO2. The fourth-order valence-corrected chi connectivity index (χ4v) is 3.13. The van der Waals surface area contributed by atoms with Gasteiger partial charge in [0.1, 0.15) is 0 Å². The van der Waals surface area contributed by atoms with Crippen LogP contribution in [0.5, 0.6) is 11.5 Å². The lowest BCUT2D eigenvalue weighted by atomic mass is 10.0. The molecule has 0 bridgehead atoms. The first-order chi connectivity index (χ1) is 11.6. The van der Waals surface area contributed by atoms with Crippen LogP contribution in [0.2, 0.25) is 0 Å². The first-order valence-corrected chi connectivity index (χ1v) is 8.47. The third-order valence-electron chi connectivity index (χ3n) is 4.51. The predicted octanol–water partition coefficient (Wildman–Crippen LogP) is 2.54. The number of rotatable bonds is 6. The molecule has 1 heterocycles. The zero-order valence-corrected chi connectivity index (χ0v) is 13.9. The van der Waals surface area contributed by atoms with E-state index < -0.39 is 6.10 Å². The number of hydrogen-bond acceptors (Lipinski definition) is 5. The Labute approximate surface area is 141 Å². The molecule has 1 saturated carbocycles. The predicted molar refractivity (Wildman–Crippen MR) is 86.5 cm³/mol. The van der Waals surface area contributed by atoms with E-state index in [4.69, 9.17) is 14.2 Å². The maximum absolute atomic E-state index is 12.1. The third-order valence-corrected chi connectivity index (χ3v) is 4.51. The minimum absolute atomic E-state index is 0.221. The molecule has 1 aromatic rings. The maximum atomic E-state index is 12.1. The smallest absolute Gasteiger partial charge is 0.306 e. The van der Waals surface area contributed by atoms with E-state index in [0.29, 0.717) is 30.4 Å². The highest BCUT2D eigenvalue weighted by Crippen LogP contribution is 2.32. The normalized spacial score (nSPS) is 17.5. The number of ether oxygens (including phenoxy) is 3. The molecule has 6 nitrogen and oxygen atoms in total. The molecule has 24 heavy (non-hydrogen) atoms. The van der Waals surface area contributed by atoms with Crippen molar-refractivity contribution in [2.75, 3.05) is 6.79 Å². The Hall–Kier alpha value is -2.24. The molecule has 1 amide bonds. The summed E-state index contributed by atoms with van der Waals surface area (Å²) in [7, 11) is 0. The summed E-state index contributed by atoms with van der Waals surface area (Å²) in [6.07, 6.45) is 4.17. The van der Waals surface area contributed by atoms with Crippen molar-refractivity contribution in [3.05, 3.63) is 23.8 Å². The largest absolute Gasteiger partial charge is 0.454 e. The summed E-state index contributed by atoms with van der Waals surface area (Å²) in [6.45, 7) is 2.17. The van der Waals surface area contributed by atoms with Gasteiger partial charge in [-0.2, -0.15) is 0 Å². The minimum Gasteiger partial charge on any atom is -0.454 e. The summed E-state index contributed by atoms with van der Waals surface area (Å²) in [5.41, 5.74) is 0.900. The highest BCUT2D eigenvalue weighted by atomic mass is 16.7. The molecule has 1 fully saturated rings. The van der Waals surface area contributed by atoms with Crippen LogP contribution in [-0.2, 0) is 20.9 Å². The average molecular weight is 333 g/mol. The van der Waals surface area contributed by atoms with E-state index in [0.717, 1.165) is 18.4 Å². The number of nitrogens with one attached hydrogen (secondary N) is 1. The zero-order valence-electron chi connectivity index (χ0n) is 13.9. The quantitative estimate of drug-likeness (QED) is 0.810. The number of benzene rings is 1. The Morgan fingerprint density at radius 3 is 2.79 bits per heavy atom. The number of amides is 1. The number of carbonyl (C=O) groups is 2. The van der Waals surface area contributed by atoms with Crippen LogP contribution in [0.15, 0.2) is 18.2 Å². The molecule has 0 saturated heterocycles. The van der Waals surface area contributed by atoms with Crippen LogP contribution < -0.4 is 14.8 Å². The van der Waals surface area contributed by atoms with Crippen molar-refractivity contribution in [1.82, 2.24) is 5.32 Å². The van der Waals surface area contributed by atoms with Crippen molar-refractivity contribution >= 4 is 11.9 Å². The van der Waals surface area contributed by atoms with Gasteiger partial charge in [0, 0.05) is 13.0 Å². The average Bonchev–Trinajstić information content (AvgIpc) is 3.23. The van der Waals surface area contributed by atoms with Gasteiger partial charge in [0.15, 0.2) is 17.6 Å². The zero-order chi connectivity index (χ0) is 16.9. The first kappa shape index (κ1) is 16.6. The third kappa shape index (κ3) is 4.19. The van der Waals surface area contributed by atoms with Gasteiger partial charge in [0.05, 0.1) is 0 Å². The number of fused-ring (bicyclic) bond motifs is 1. The molecule has 1 atom stereocenters. The highest BCUT2D eigenvalue weighted by Gasteiger charge is 2.23. The van der Waals surface area contributed by atoms with Crippen molar-refractivity contribution in [2.45, 2.75) is 51.7 Å². The van der Waals surface area contributed by atoms with Crippen LogP contribution >= 0.6 is 0 Å². The van der Waals surface area contributed by atoms with Crippen molar-refractivity contribution in [2.24, 2.45) is 5.92 Å². The van der Waals surface area contributed by atoms with Crippen LogP contribution in [0.3, 0.4) is 0 Å². The number of hydrogen-bond donors (Lipinski definition) is 1. The first-order valence-electron chi connectivity index (χ1n) is 8.47. The molecule has 1 N–H and O–H groups in total. The molecule has 0 radical (unpaired) electrons.